The van der Waals surface area contributed by atoms with Crippen molar-refractivity contribution in [3.05, 3.63) is 44.4 Å². The lowest BCUT2D eigenvalue weighted by atomic mass is 9.97. The van der Waals surface area contributed by atoms with Crippen molar-refractivity contribution >= 4 is 22.2 Å². The van der Waals surface area contributed by atoms with Gasteiger partial charge in [-0.25, -0.2) is 0 Å². The zero-order valence-electron chi connectivity index (χ0n) is 7.93. The number of nitrogens with zero attached hydrogens (tertiary/aromatic N) is 1. The number of nitro groups is 1. The van der Waals surface area contributed by atoms with Gasteiger partial charge in [-0.15, -0.1) is 0 Å². The summed E-state index contributed by atoms with van der Waals surface area (Å²) in [6, 6.07) is 7.21. The Morgan fingerprint density at radius 2 is 2.00 bits per heavy atom. The van der Waals surface area contributed by atoms with Gasteiger partial charge in [-0.2, -0.15) is 0 Å². The molecule has 0 radical (unpaired) electrons. The Morgan fingerprint density at radius 3 is 2.47 bits per heavy atom. The number of carbonyl (C=O) groups excluding carboxylic acids is 1. The van der Waals surface area contributed by atoms with Crippen LogP contribution < -0.4 is 0 Å². The number of halogens is 1. The zero-order valence-corrected chi connectivity index (χ0v) is 9.51. The average molecular weight is 272 g/mol. The molecule has 0 aliphatic heterocycles. The first-order valence-corrected chi connectivity index (χ1v) is 5.23. The fraction of sp³-hybridized carbons (Fsp3) is 0.300. The molecule has 4 nitrogen and oxygen atoms in total. The van der Waals surface area contributed by atoms with Crippen LogP contribution >= 0.6 is 15.9 Å². The smallest absolute Gasteiger partial charge is 0.211 e. The third-order valence-corrected chi connectivity index (χ3v) is 2.62. The molecule has 1 rings (SSSR count). The van der Waals surface area contributed by atoms with E-state index in [-0.39, 0.29) is 18.9 Å². The molecule has 0 amide bonds. The number of aldehydes is 1. The molecule has 0 aliphatic rings. The van der Waals surface area contributed by atoms with Crippen molar-refractivity contribution in [2.24, 2.45) is 0 Å². The molecule has 0 aromatic heterocycles. The number of hydrogen-bond donors (Lipinski definition) is 0. The summed E-state index contributed by atoms with van der Waals surface area (Å²) in [5, 5.41) is 10.4. The minimum Gasteiger partial charge on any atom is -0.303 e. The number of benzene rings is 1. The molecule has 0 spiro atoms. The summed E-state index contributed by atoms with van der Waals surface area (Å²) in [5.74, 6) is -0.328. The lowest BCUT2D eigenvalue weighted by Gasteiger charge is -2.09. The van der Waals surface area contributed by atoms with Crippen LogP contribution in [0.25, 0.3) is 0 Å². The molecule has 1 unspecified atom stereocenters. The summed E-state index contributed by atoms with van der Waals surface area (Å²) >= 11 is 3.28. The van der Waals surface area contributed by atoms with Gasteiger partial charge in [-0.05, 0) is 17.7 Å². The van der Waals surface area contributed by atoms with Crippen LogP contribution in [-0.2, 0) is 4.79 Å². The summed E-state index contributed by atoms with van der Waals surface area (Å²) in [6.07, 6.45) is 0.902. The van der Waals surface area contributed by atoms with Crippen LogP contribution in [0.15, 0.2) is 28.7 Å². The van der Waals surface area contributed by atoms with E-state index in [1.165, 1.54) is 0 Å². The third kappa shape index (κ3) is 3.79. The molecular formula is C10H10BrNO3. The van der Waals surface area contributed by atoms with Gasteiger partial charge < -0.3 is 4.79 Å². The van der Waals surface area contributed by atoms with E-state index in [1.54, 1.807) is 12.1 Å². The van der Waals surface area contributed by atoms with Gasteiger partial charge in [0.15, 0.2) is 0 Å². The number of carbonyl (C=O) groups is 1. The van der Waals surface area contributed by atoms with Gasteiger partial charge in [0.2, 0.25) is 6.54 Å². The van der Waals surface area contributed by atoms with Crippen LogP contribution in [0.5, 0.6) is 0 Å². The van der Waals surface area contributed by atoms with E-state index in [1.807, 2.05) is 12.1 Å². The van der Waals surface area contributed by atoms with Crippen LogP contribution in [0.3, 0.4) is 0 Å². The van der Waals surface area contributed by atoms with Crippen molar-refractivity contribution in [1.82, 2.24) is 0 Å². The highest BCUT2D eigenvalue weighted by Crippen LogP contribution is 2.21. The lowest BCUT2D eigenvalue weighted by molar-refractivity contribution is -0.483. The molecule has 1 aromatic carbocycles. The van der Waals surface area contributed by atoms with Gasteiger partial charge in [0.1, 0.15) is 6.29 Å². The first kappa shape index (κ1) is 11.8. The quantitative estimate of drug-likeness (QED) is 0.469. The van der Waals surface area contributed by atoms with E-state index in [0.717, 1.165) is 16.3 Å². The van der Waals surface area contributed by atoms with Crippen molar-refractivity contribution < 1.29 is 9.72 Å². The second-order valence-electron chi connectivity index (χ2n) is 3.17. The van der Waals surface area contributed by atoms with Crippen molar-refractivity contribution in [3.8, 4) is 0 Å². The van der Waals surface area contributed by atoms with E-state index in [9.17, 15) is 14.9 Å². The number of rotatable bonds is 5. The molecule has 0 heterocycles. The molecule has 0 fully saturated rings. The van der Waals surface area contributed by atoms with Gasteiger partial charge in [0.05, 0.1) is 5.92 Å². The summed E-state index contributed by atoms with van der Waals surface area (Å²) in [4.78, 5) is 20.4. The van der Waals surface area contributed by atoms with Crippen molar-refractivity contribution in [2.75, 3.05) is 6.54 Å². The second kappa shape index (κ2) is 5.60. The van der Waals surface area contributed by atoms with E-state index < -0.39 is 4.92 Å². The van der Waals surface area contributed by atoms with Crippen molar-refractivity contribution in [1.29, 1.82) is 0 Å². The standard InChI is InChI=1S/C10H10BrNO3/c11-10-3-1-8(2-4-10)9(5-6-13)7-12(14)15/h1-4,6,9H,5,7H2. The predicted octanol–water partition coefficient (Wildman–Crippen LogP) is 2.40. The highest BCUT2D eigenvalue weighted by molar-refractivity contribution is 9.10. The van der Waals surface area contributed by atoms with Gasteiger partial charge in [0, 0.05) is 15.8 Å². The average Bonchev–Trinajstić information content (AvgIpc) is 2.17. The van der Waals surface area contributed by atoms with Crippen LogP contribution in [0.1, 0.15) is 17.9 Å². The maximum atomic E-state index is 10.4. The first-order chi connectivity index (χ1) is 7.13. The molecule has 15 heavy (non-hydrogen) atoms. The highest BCUT2D eigenvalue weighted by atomic mass is 79.9. The Labute approximate surface area is 95.6 Å². The molecule has 1 aromatic rings. The Hall–Kier alpha value is -1.23. The zero-order chi connectivity index (χ0) is 11.3. The summed E-state index contributed by atoms with van der Waals surface area (Å²) in [5.41, 5.74) is 0.821. The molecule has 80 valence electrons. The largest absolute Gasteiger partial charge is 0.303 e. The molecule has 0 bridgehead atoms. The monoisotopic (exact) mass is 271 g/mol. The SMILES string of the molecule is O=CCC(C[N+](=O)[O-])c1ccc(Br)cc1. The molecule has 0 N–H and O–H groups in total. The molecule has 1 atom stereocenters. The third-order valence-electron chi connectivity index (χ3n) is 2.09. The maximum absolute atomic E-state index is 10.4. The molecular weight excluding hydrogens is 262 g/mol. The maximum Gasteiger partial charge on any atom is 0.211 e. The highest BCUT2D eigenvalue weighted by Gasteiger charge is 2.16. The van der Waals surface area contributed by atoms with Crippen LogP contribution in [0.2, 0.25) is 0 Å². The van der Waals surface area contributed by atoms with E-state index in [2.05, 4.69) is 15.9 Å². The fourth-order valence-corrected chi connectivity index (χ4v) is 1.61. The van der Waals surface area contributed by atoms with Gasteiger partial charge in [-0.1, -0.05) is 28.1 Å². The van der Waals surface area contributed by atoms with E-state index >= 15 is 0 Å². The Kier molecular flexibility index (Phi) is 4.42. The summed E-state index contributed by atoms with van der Waals surface area (Å²) in [7, 11) is 0. The van der Waals surface area contributed by atoms with Crippen LogP contribution in [0.4, 0.5) is 0 Å². The van der Waals surface area contributed by atoms with Gasteiger partial charge in [-0.3, -0.25) is 10.1 Å². The van der Waals surface area contributed by atoms with Crippen molar-refractivity contribution in [3.63, 3.8) is 0 Å². The predicted molar refractivity (Wildman–Crippen MR) is 59.4 cm³/mol. The Bertz CT molecular complexity index is 350. The topological polar surface area (TPSA) is 60.2 Å². The molecule has 0 aliphatic carbocycles. The molecule has 0 saturated heterocycles. The van der Waals surface area contributed by atoms with Crippen LogP contribution in [0, 0.1) is 10.1 Å². The van der Waals surface area contributed by atoms with Crippen LogP contribution in [-0.4, -0.2) is 17.8 Å². The minimum absolute atomic E-state index is 0.183. The summed E-state index contributed by atoms with van der Waals surface area (Å²) in [6.45, 7) is -0.208. The van der Waals surface area contributed by atoms with Gasteiger partial charge >= 0.3 is 0 Å². The molecule has 5 heteroatoms. The second-order valence-corrected chi connectivity index (χ2v) is 4.08. The van der Waals surface area contributed by atoms with Crippen molar-refractivity contribution in [2.45, 2.75) is 12.3 Å². The van der Waals surface area contributed by atoms with E-state index in [4.69, 9.17) is 0 Å². The first-order valence-electron chi connectivity index (χ1n) is 4.44. The number of hydrogen-bond acceptors (Lipinski definition) is 3. The Balaban J connectivity index is 2.83. The van der Waals surface area contributed by atoms with E-state index in [0.29, 0.717) is 0 Å². The summed E-state index contributed by atoms with van der Waals surface area (Å²) < 4.78 is 0.914. The van der Waals surface area contributed by atoms with Gasteiger partial charge in [0.25, 0.3) is 0 Å². The minimum atomic E-state index is -0.393. The fourth-order valence-electron chi connectivity index (χ4n) is 1.35. The normalized spacial score (nSPS) is 12.1. The lowest BCUT2D eigenvalue weighted by Crippen LogP contribution is -2.13. The Morgan fingerprint density at radius 1 is 1.40 bits per heavy atom. The molecule has 0 saturated carbocycles.